The molecule has 1 amide bonds. The summed E-state index contributed by atoms with van der Waals surface area (Å²) in [6.07, 6.45) is 4.89. The van der Waals surface area contributed by atoms with E-state index in [-0.39, 0.29) is 5.91 Å². The van der Waals surface area contributed by atoms with Crippen LogP contribution in [0.25, 0.3) is 5.57 Å². The fourth-order valence-electron chi connectivity index (χ4n) is 2.08. The molecule has 2 N–H and O–H groups in total. The Labute approximate surface area is 149 Å². The summed E-state index contributed by atoms with van der Waals surface area (Å²) in [7, 11) is 0. The average molecular weight is 355 g/mol. The molecule has 0 aliphatic rings. The number of benzene rings is 1. The second-order valence-corrected chi connectivity index (χ2v) is 5.66. The number of hydrogen-bond donors (Lipinski definition) is 2. The minimum absolute atomic E-state index is 0.327. The van der Waals surface area contributed by atoms with Crippen molar-refractivity contribution in [1.82, 2.24) is 10.1 Å². The van der Waals surface area contributed by atoms with Gasteiger partial charge in [-0.1, -0.05) is 16.8 Å². The Bertz CT molecular complexity index is 889. The van der Waals surface area contributed by atoms with E-state index in [0.29, 0.717) is 27.7 Å². The van der Waals surface area contributed by atoms with E-state index in [1.807, 2.05) is 6.07 Å². The first-order chi connectivity index (χ1) is 12.1. The van der Waals surface area contributed by atoms with Crippen molar-refractivity contribution >= 4 is 34.5 Å². The van der Waals surface area contributed by atoms with Gasteiger partial charge in [0.1, 0.15) is 11.5 Å². The van der Waals surface area contributed by atoms with E-state index in [1.165, 1.54) is 0 Å². The van der Waals surface area contributed by atoms with Crippen molar-refractivity contribution in [2.75, 3.05) is 10.6 Å². The molecule has 0 unspecified atom stereocenters. The molecule has 3 aromatic rings. The predicted octanol–water partition coefficient (Wildman–Crippen LogP) is 4.12. The molecule has 0 spiro atoms. The van der Waals surface area contributed by atoms with Gasteiger partial charge in [-0.05, 0) is 43.3 Å². The van der Waals surface area contributed by atoms with E-state index in [2.05, 4.69) is 20.8 Å². The number of anilines is 2. The van der Waals surface area contributed by atoms with E-state index in [9.17, 15) is 4.79 Å². The van der Waals surface area contributed by atoms with E-state index in [1.54, 1.807) is 61.9 Å². The van der Waals surface area contributed by atoms with Crippen LogP contribution in [-0.2, 0) is 4.79 Å². The van der Waals surface area contributed by atoms with E-state index in [4.69, 9.17) is 16.1 Å². The SMILES string of the molecule is Cc1cc(/C(=C/Nc2cccnc2)C(=O)Nc2ccc(Cl)cc2)no1. The van der Waals surface area contributed by atoms with Gasteiger partial charge in [-0.25, -0.2) is 0 Å². The van der Waals surface area contributed by atoms with Gasteiger partial charge >= 0.3 is 0 Å². The number of halogens is 1. The van der Waals surface area contributed by atoms with Gasteiger partial charge in [0.2, 0.25) is 0 Å². The lowest BCUT2D eigenvalue weighted by Gasteiger charge is -2.08. The maximum absolute atomic E-state index is 12.7. The summed E-state index contributed by atoms with van der Waals surface area (Å²) in [5.41, 5.74) is 2.14. The number of nitrogens with zero attached hydrogens (tertiary/aromatic N) is 2. The summed E-state index contributed by atoms with van der Waals surface area (Å²) >= 11 is 5.86. The lowest BCUT2D eigenvalue weighted by atomic mass is 10.1. The Morgan fingerprint density at radius 1 is 1.20 bits per heavy atom. The molecule has 0 fully saturated rings. The molecule has 0 bridgehead atoms. The van der Waals surface area contributed by atoms with Gasteiger partial charge in [-0.3, -0.25) is 9.78 Å². The molecule has 2 heterocycles. The van der Waals surface area contributed by atoms with Crippen molar-refractivity contribution in [2.45, 2.75) is 6.92 Å². The van der Waals surface area contributed by atoms with Crippen LogP contribution in [0.5, 0.6) is 0 Å². The number of nitrogens with one attached hydrogen (secondary N) is 2. The van der Waals surface area contributed by atoms with Gasteiger partial charge in [-0.15, -0.1) is 0 Å². The fourth-order valence-corrected chi connectivity index (χ4v) is 2.21. The summed E-state index contributed by atoms with van der Waals surface area (Å²) in [6.45, 7) is 1.76. The van der Waals surface area contributed by atoms with Crippen molar-refractivity contribution in [1.29, 1.82) is 0 Å². The largest absolute Gasteiger partial charge is 0.361 e. The third kappa shape index (κ3) is 4.45. The zero-order chi connectivity index (χ0) is 17.6. The smallest absolute Gasteiger partial charge is 0.259 e. The first kappa shape index (κ1) is 16.7. The van der Waals surface area contributed by atoms with Crippen molar-refractivity contribution in [3.05, 3.63) is 77.5 Å². The van der Waals surface area contributed by atoms with Gasteiger partial charge in [0.05, 0.1) is 17.5 Å². The highest BCUT2D eigenvalue weighted by Gasteiger charge is 2.16. The second-order valence-electron chi connectivity index (χ2n) is 5.23. The van der Waals surface area contributed by atoms with Gasteiger partial charge in [0.15, 0.2) is 0 Å². The van der Waals surface area contributed by atoms with Crippen LogP contribution in [0.1, 0.15) is 11.5 Å². The summed E-state index contributed by atoms with van der Waals surface area (Å²) in [6, 6.07) is 12.2. The van der Waals surface area contributed by atoms with Crippen molar-refractivity contribution < 1.29 is 9.32 Å². The number of aryl methyl sites for hydroxylation is 1. The molecule has 25 heavy (non-hydrogen) atoms. The van der Waals surface area contributed by atoms with E-state index >= 15 is 0 Å². The number of rotatable bonds is 5. The number of carbonyl (C=O) groups excluding carboxylic acids is 1. The van der Waals surface area contributed by atoms with Crippen LogP contribution < -0.4 is 10.6 Å². The highest BCUT2D eigenvalue weighted by atomic mass is 35.5. The minimum atomic E-state index is -0.327. The van der Waals surface area contributed by atoms with Crippen LogP contribution >= 0.6 is 11.6 Å². The topological polar surface area (TPSA) is 80.0 Å². The maximum atomic E-state index is 12.7. The molecule has 0 radical (unpaired) electrons. The quantitative estimate of drug-likeness (QED) is 0.673. The van der Waals surface area contributed by atoms with Crippen LogP contribution in [0.3, 0.4) is 0 Å². The number of hydrogen-bond acceptors (Lipinski definition) is 5. The first-order valence-electron chi connectivity index (χ1n) is 7.49. The van der Waals surface area contributed by atoms with Gasteiger partial charge < -0.3 is 15.2 Å². The summed E-state index contributed by atoms with van der Waals surface area (Å²) in [5.74, 6) is 0.286. The lowest BCUT2D eigenvalue weighted by Crippen LogP contribution is -2.15. The summed E-state index contributed by atoms with van der Waals surface area (Å²) < 4.78 is 5.09. The number of aromatic nitrogens is 2. The fraction of sp³-hybridized carbons (Fsp3) is 0.0556. The van der Waals surface area contributed by atoms with E-state index < -0.39 is 0 Å². The minimum Gasteiger partial charge on any atom is -0.361 e. The molecule has 126 valence electrons. The number of pyridine rings is 1. The van der Waals surface area contributed by atoms with Crippen molar-refractivity contribution in [2.24, 2.45) is 0 Å². The third-order valence-corrected chi connectivity index (χ3v) is 3.55. The number of carbonyl (C=O) groups is 1. The first-order valence-corrected chi connectivity index (χ1v) is 7.87. The molecule has 0 saturated heterocycles. The predicted molar refractivity (Wildman–Crippen MR) is 97.2 cm³/mol. The molecule has 6 nitrogen and oxygen atoms in total. The second kappa shape index (κ2) is 7.63. The van der Waals surface area contributed by atoms with Crippen LogP contribution in [0.15, 0.2) is 65.6 Å². The zero-order valence-corrected chi connectivity index (χ0v) is 14.1. The Balaban J connectivity index is 1.85. The summed E-state index contributed by atoms with van der Waals surface area (Å²) in [4.78, 5) is 16.7. The van der Waals surface area contributed by atoms with Crippen LogP contribution in [0.4, 0.5) is 11.4 Å². The van der Waals surface area contributed by atoms with Gasteiger partial charge in [0, 0.05) is 29.2 Å². The molecule has 0 aliphatic heterocycles. The van der Waals surface area contributed by atoms with Crippen molar-refractivity contribution in [3.8, 4) is 0 Å². The van der Waals surface area contributed by atoms with Crippen LogP contribution in [0.2, 0.25) is 5.02 Å². The highest BCUT2D eigenvalue weighted by Crippen LogP contribution is 2.19. The van der Waals surface area contributed by atoms with Crippen LogP contribution in [0, 0.1) is 6.92 Å². The monoisotopic (exact) mass is 354 g/mol. The molecule has 2 aromatic heterocycles. The molecule has 0 aliphatic carbocycles. The molecule has 0 saturated carbocycles. The molecule has 3 rings (SSSR count). The maximum Gasteiger partial charge on any atom is 0.259 e. The normalized spacial score (nSPS) is 11.2. The molecular weight excluding hydrogens is 340 g/mol. The highest BCUT2D eigenvalue weighted by molar-refractivity contribution is 6.30. The molecule has 7 heteroatoms. The van der Waals surface area contributed by atoms with Gasteiger partial charge in [0.25, 0.3) is 5.91 Å². The molecular formula is C18H15ClN4O2. The van der Waals surface area contributed by atoms with Gasteiger partial charge in [-0.2, -0.15) is 0 Å². The third-order valence-electron chi connectivity index (χ3n) is 3.30. The average Bonchev–Trinajstić information content (AvgIpc) is 3.04. The molecule has 1 aromatic carbocycles. The Morgan fingerprint density at radius 3 is 2.64 bits per heavy atom. The number of amides is 1. The van der Waals surface area contributed by atoms with Crippen LogP contribution in [-0.4, -0.2) is 16.0 Å². The Hall–Kier alpha value is -3.12. The Kier molecular flexibility index (Phi) is 5.11. The Morgan fingerprint density at radius 2 is 2.00 bits per heavy atom. The lowest BCUT2D eigenvalue weighted by molar-refractivity contribution is -0.111. The van der Waals surface area contributed by atoms with Crippen molar-refractivity contribution in [3.63, 3.8) is 0 Å². The summed E-state index contributed by atoms with van der Waals surface area (Å²) in [5, 5.41) is 10.4. The standard InChI is InChI=1S/C18H15ClN4O2/c1-12-9-17(23-25-12)16(11-21-15-3-2-8-20-10-15)18(24)22-14-6-4-13(19)5-7-14/h2-11,21H,1H3,(H,22,24)/b16-11-. The van der Waals surface area contributed by atoms with E-state index in [0.717, 1.165) is 5.69 Å². The zero-order valence-electron chi connectivity index (χ0n) is 13.4. The molecule has 0 atom stereocenters.